The first kappa shape index (κ1) is 31.6. The highest BCUT2D eigenvalue weighted by molar-refractivity contribution is 6.76. The molecule has 0 bridgehead atoms. The van der Waals surface area contributed by atoms with Crippen molar-refractivity contribution < 1.29 is 19.1 Å². The first-order valence-electron chi connectivity index (χ1n) is 15.4. The Labute approximate surface area is 249 Å². The van der Waals surface area contributed by atoms with Crippen molar-refractivity contribution in [1.29, 1.82) is 0 Å². The van der Waals surface area contributed by atoms with Crippen molar-refractivity contribution >= 4 is 30.7 Å². The average molecular weight is 592 g/mol. The third-order valence-corrected chi connectivity index (χ3v) is 9.89. The molecule has 3 atom stereocenters. The summed E-state index contributed by atoms with van der Waals surface area (Å²) in [7, 11) is -1.41. The molecule has 3 unspecified atom stereocenters. The van der Waals surface area contributed by atoms with Crippen molar-refractivity contribution in [2.45, 2.75) is 84.6 Å². The first-order chi connectivity index (χ1) is 20.1. The summed E-state index contributed by atoms with van der Waals surface area (Å²) < 4.78 is 13.0. The fraction of sp³-hybridized carbons (Fsp3) is 0.545. The van der Waals surface area contributed by atoms with Gasteiger partial charge in [-0.3, -0.25) is 14.4 Å². The fourth-order valence-corrected chi connectivity index (χ4v) is 6.39. The lowest BCUT2D eigenvalue weighted by molar-refractivity contribution is -0.150. The van der Waals surface area contributed by atoms with Crippen LogP contribution >= 0.6 is 0 Å². The molecule has 0 saturated heterocycles. The Morgan fingerprint density at radius 2 is 1.76 bits per heavy atom. The van der Waals surface area contributed by atoms with Crippen LogP contribution in [0, 0.1) is 24.7 Å². The number of aromatic nitrogens is 3. The van der Waals surface area contributed by atoms with Crippen LogP contribution in [0.5, 0.6) is 5.75 Å². The Bertz CT molecular complexity index is 1430. The molecule has 1 heterocycles. The number of Topliss-reactive ketones (excluding diaryl/α,β-unsaturated/α-hetero) is 1. The van der Waals surface area contributed by atoms with E-state index in [2.05, 4.69) is 36.9 Å². The van der Waals surface area contributed by atoms with Gasteiger partial charge in [0, 0.05) is 19.6 Å². The Hall–Kier alpha value is -3.33. The standard InChI is InChI=1S/C33H45N3O5Si/c1-6-7-8-9-18-40-26-14-11-24(12-15-26)31(37)27-16-13-25(30(27)33(39)41-19-20-42(3,4)5)22-36-32(38)28-21-23(2)10-17-29(28)34-35-36/h10-12,14-15,17,21,25,27,30H,6-9,13,16,18-20,22H2,1-5H3. The molecule has 0 aliphatic heterocycles. The summed E-state index contributed by atoms with van der Waals surface area (Å²) in [5.74, 6) is -1.15. The number of benzene rings is 2. The molecule has 1 aromatic heterocycles. The molecule has 1 fully saturated rings. The first-order valence-corrected chi connectivity index (χ1v) is 19.1. The summed E-state index contributed by atoms with van der Waals surface area (Å²) in [5.41, 5.74) is 1.81. The number of hydrogen-bond acceptors (Lipinski definition) is 7. The summed E-state index contributed by atoms with van der Waals surface area (Å²) in [6.07, 6.45) is 5.68. The monoisotopic (exact) mass is 591 g/mol. The molecule has 0 radical (unpaired) electrons. The Kier molecular flexibility index (Phi) is 10.7. The van der Waals surface area contributed by atoms with E-state index >= 15 is 0 Å². The number of carbonyl (C=O) groups is 2. The predicted octanol–water partition coefficient (Wildman–Crippen LogP) is 6.47. The summed E-state index contributed by atoms with van der Waals surface area (Å²) in [5, 5.41) is 8.91. The van der Waals surface area contributed by atoms with Gasteiger partial charge in [0.15, 0.2) is 5.78 Å². The third kappa shape index (κ3) is 8.15. The van der Waals surface area contributed by atoms with E-state index in [0.717, 1.165) is 30.2 Å². The van der Waals surface area contributed by atoms with Gasteiger partial charge in [0.25, 0.3) is 5.56 Å². The molecule has 1 saturated carbocycles. The van der Waals surface area contributed by atoms with Crippen LogP contribution in [0.3, 0.4) is 0 Å². The topological polar surface area (TPSA) is 100 Å². The summed E-state index contributed by atoms with van der Waals surface area (Å²) >= 11 is 0. The molecular weight excluding hydrogens is 546 g/mol. The van der Waals surface area contributed by atoms with E-state index in [0.29, 0.717) is 42.5 Å². The highest BCUT2D eigenvalue weighted by Crippen LogP contribution is 2.41. The summed E-state index contributed by atoms with van der Waals surface area (Å²) in [6, 6.07) is 13.6. The van der Waals surface area contributed by atoms with E-state index < -0.39 is 19.9 Å². The minimum atomic E-state index is -1.41. The molecule has 1 aliphatic rings. The van der Waals surface area contributed by atoms with E-state index in [-0.39, 0.29) is 29.8 Å². The Morgan fingerprint density at radius 3 is 2.48 bits per heavy atom. The van der Waals surface area contributed by atoms with E-state index in [4.69, 9.17) is 9.47 Å². The van der Waals surface area contributed by atoms with Crippen LogP contribution in [0.4, 0.5) is 0 Å². The normalized spacial score (nSPS) is 18.7. The van der Waals surface area contributed by atoms with Crippen LogP contribution in [0.2, 0.25) is 25.7 Å². The van der Waals surface area contributed by atoms with Crippen LogP contribution in [0.1, 0.15) is 61.4 Å². The van der Waals surface area contributed by atoms with Crippen molar-refractivity contribution in [1.82, 2.24) is 15.0 Å². The molecule has 8 nitrogen and oxygen atoms in total. The van der Waals surface area contributed by atoms with E-state index in [1.165, 1.54) is 17.5 Å². The maximum Gasteiger partial charge on any atom is 0.310 e. The smallest absolute Gasteiger partial charge is 0.310 e. The van der Waals surface area contributed by atoms with E-state index in [1.807, 2.05) is 31.2 Å². The SMILES string of the molecule is CCCCCCOc1ccc(C(=O)C2CCC(Cn3nnc4ccc(C)cc4c3=O)C2C(=O)OCC[Si](C)(C)C)cc1. The van der Waals surface area contributed by atoms with Crippen molar-refractivity contribution in [2.75, 3.05) is 13.2 Å². The predicted molar refractivity (Wildman–Crippen MR) is 168 cm³/mol. The zero-order chi connectivity index (χ0) is 30.3. The molecule has 0 spiro atoms. The maximum atomic E-state index is 13.8. The molecule has 9 heteroatoms. The third-order valence-electron chi connectivity index (χ3n) is 8.19. The van der Waals surface area contributed by atoms with Gasteiger partial charge in [-0.15, -0.1) is 5.10 Å². The number of esters is 1. The highest BCUT2D eigenvalue weighted by atomic mass is 28.3. The number of hydrogen-bond donors (Lipinski definition) is 0. The van der Waals surface area contributed by atoms with Crippen molar-refractivity contribution in [3.8, 4) is 5.75 Å². The lowest BCUT2D eigenvalue weighted by Gasteiger charge is -2.24. The number of carbonyl (C=O) groups excluding carboxylic acids is 2. The number of nitrogens with zero attached hydrogens (tertiary/aromatic N) is 3. The quantitative estimate of drug-likeness (QED) is 0.0917. The minimum Gasteiger partial charge on any atom is -0.494 e. The second-order valence-electron chi connectivity index (χ2n) is 12.8. The van der Waals surface area contributed by atoms with Gasteiger partial charge < -0.3 is 9.47 Å². The molecular formula is C33H45N3O5Si. The van der Waals surface area contributed by atoms with Crippen molar-refractivity contribution in [2.24, 2.45) is 17.8 Å². The highest BCUT2D eigenvalue weighted by Gasteiger charge is 2.46. The molecule has 0 N–H and O–H groups in total. The Balaban J connectivity index is 1.52. The number of aryl methyl sites for hydroxylation is 1. The van der Waals surface area contributed by atoms with Crippen molar-refractivity contribution in [3.05, 3.63) is 63.9 Å². The van der Waals surface area contributed by atoms with Crippen LogP contribution in [-0.2, 0) is 16.1 Å². The van der Waals surface area contributed by atoms with Gasteiger partial charge >= 0.3 is 5.97 Å². The van der Waals surface area contributed by atoms with Gasteiger partial charge in [-0.1, -0.05) is 62.7 Å². The zero-order valence-corrected chi connectivity index (χ0v) is 26.7. The van der Waals surface area contributed by atoms with Gasteiger partial charge in [0.2, 0.25) is 0 Å². The van der Waals surface area contributed by atoms with Gasteiger partial charge in [0.1, 0.15) is 11.3 Å². The number of ether oxygens (including phenoxy) is 2. The van der Waals surface area contributed by atoms with Crippen molar-refractivity contribution in [3.63, 3.8) is 0 Å². The zero-order valence-electron chi connectivity index (χ0n) is 25.7. The van der Waals surface area contributed by atoms with Crippen LogP contribution in [-0.4, -0.2) is 48.0 Å². The number of ketones is 1. The van der Waals surface area contributed by atoms with Crippen LogP contribution in [0.25, 0.3) is 10.9 Å². The van der Waals surface area contributed by atoms with Gasteiger partial charge in [-0.2, -0.15) is 0 Å². The fourth-order valence-electron chi connectivity index (χ4n) is 5.67. The molecule has 4 rings (SSSR count). The molecule has 1 aliphatic carbocycles. The number of rotatable bonds is 14. The van der Waals surface area contributed by atoms with Crippen LogP contribution in [0.15, 0.2) is 47.3 Å². The minimum absolute atomic E-state index is 0.0771. The lowest BCUT2D eigenvalue weighted by Crippen LogP contribution is -2.36. The molecule has 226 valence electrons. The lowest BCUT2D eigenvalue weighted by atomic mass is 9.84. The van der Waals surface area contributed by atoms with Gasteiger partial charge in [-0.05, 0) is 74.5 Å². The Morgan fingerprint density at radius 1 is 1.00 bits per heavy atom. The van der Waals surface area contributed by atoms with Gasteiger partial charge in [0.05, 0.1) is 31.1 Å². The molecule has 3 aromatic rings. The van der Waals surface area contributed by atoms with Crippen LogP contribution < -0.4 is 10.3 Å². The summed E-state index contributed by atoms with van der Waals surface area (Å²) in [6.45, 7) is 12.0. The molecule has 2 aromatic carbocycles. The molecule has 0 amide bonds. The second kappa shape index (κ2) is 14.2. The van der Waals surface area contributed by atoms with Gasteiger partial charge in [-0.25, -0.2) is 4.68 Å². The average Bonchev–Trinajstić information content (AvgIpc) is 3.37. The summed E-state index contributed by atoms with van der Waals surface area (Å²) in [4.78, 5) is 40.6. The number of fused-ring (bicyclic) bond motifs is 1. The number of unbranched alkanes of at least 4 members (excludes halogenated alkanes) is 3. The molecule has 42 heavy (non-hydrogen) atoms. The maximum absolute atomic E-state index is 13.8. The second-order valence-corrected chi connectivity index (χ2v) is 18.5. The van der Waals surface area contributed by atoms with E-state index in [9.17, 15) is 14.4 Å². The largest absolute Gasteiger partial charge is 0.494 e. The van der Waals surface area contributed by atoms with E-state index in [1.54, 1.807) is 18.2 Å².